The van der Waals surface area contributed by atoms with Crippen molar-refractivity contribution in [2.24, 2.45) is 5.41 Å². The van der Waals surface area contributed by atoms with Crippen molar-refractivity contribution in [3.05, 3.63) is 48.5 Å². The van der Waals surface area contributed by atoms with Crippen molar-refractivity contribution in [3.63, 3.8) is 0 Å². The fourth-order valence-corrected chi connectivity index (χ4v) is 2.00. The monoisotopic (exact) mass is 316 g/mol. The molecule has 0 aliphatic carbocycles. The van der Waals surface area contributed by atoms with Crippen molar-refractivity contribution in [2.45, 2.75) is 40.2 Å². The molecule has 0 saturated carbocycles. The molecule has 0 fully saturated rings. The molecule has 0 bridgehead atoms. The maximum atomic E-state index is 12.1. The molecule has 0 radical (unpaired) electrons. The smallest absolute Gasteiger partial charge is 0.419 e. The van der Waals surface area contributed by atoms with Gasteiger partial charge in [-0.3, -0.25) is 0 Å². The molecular weight excluding hydrogens is 292 g/mol. The van der Waals surface area contributed by atoms with Crippen molar-refractivity contribution in [2.75, 3.05) is 6.61 Å². The fraction of sp³-hybridized carbons (Fsp3) is 0.444. The van der Waals surface area contributed by atoms with Gasteiger partial charge in [-0.1, -0.05) is 39.8 Å². The van der Waals surface area contributed by atoms with Crippen LogP contribution in [0.3, 0.4) is 0 Å². The summed E-state index contributed by atoms with van der Waals surface area (Å²) in [5, 5.41) is 0. The van der Waals surface area contributed by atoms with Crippen LogP contribution in [-0.4, -0.2) is 28.4 Å². The van der Waals surface area contributed by atoms with Crippen LogP contribution >= 0.6 is 0 Å². The van der Waals surface area contributed by atoms with E-state index in [1.54, 1.807) is 12.4 Å². The summed E-state index contributed by atoms with van der Waals surface area (Å²) >= 11 is 0. The summed E-state index contributed by atoms with van der Waals surface area (Å²) in [6.45, 7) is 8.46. The van der Waals surface area contributed by atoms with Crippen LogP contribution in [-0.2, 0) is 11.2 Å². The number of aryl methyl sites for hydroxylation is 1. The molecule has 1 heterocycles. The number of carbonyl (C=O) groups is 1. The Balaban J connectivity index is 1.99. The predicted molar refractivity (Wildman–Crippen MR) is 88.7 cm³/mol. The van der Waals surface area contributed by atoms with E-state index in [-0.39, 0.29) is 11.5 Å². The highest BCUT2D eigenvalue weighted by Gasteiger charge is 2.29. The van der Waals surface area contributed by atoms with Crippen LogP contribution in [0.5, 0.6) is 5.75 Å². The van der Waals surface area contributed by atoms with Gasteiger partial charge in [0.15, 0.2) is 0 Å². The Labute approximate surface area is 137 Å². The molecule has 2 aromatic rings. The van der Waals surface area contributed by atoms with E-state index in [0.29, 0.717) is 6.61 Å². The number of rotatable bonds is 5. The molecule has 0 spiro atoms. The van der Waals surface area contributed by atoms with Gasteiger partial charge in [0.05, 0.1) is 0 Å². The number of hydrogen-bond acceptors (Lipinski definition) is 4. The Morgan fingerprint density at radius 1 is 1.26 bits per heavy atom. The SMILES string of the molecule is CCc1ccc(OCC(OC(=O)n2ccnc2)C(C)(C)C)cc1. The van der Waals surface area contributed by atoms with E-state index in [0.717, 1.165) is 12.2 Å². The van der Waals surface area contributed by atoms with Crippen molar-refractivity contribution < 1.29 is 14.3 Å². The number of imidazole rings is 1. The van der Waals surface area contributed by atoms with Gasteiger partial charge < -0.3 is 9.47 Å². The lowest BCUT2D eigenvalue weighted by Crippen LogP contribution is -2.37. The third-order valence-electron chi connectivity index (χ3n) is 3.66. The molecule has 1 unspecified atom stereocenters. The first-order valence-corrected chi connectivity index (χ1v) is 7.81. The van der Waals surface area contributed by atoms with Crippen molar-refractivity contribution in [1.29, 1.82) is 0 Å². The standard InChI is InChI=1S/C18H24N2O3/c1-5-14-6-8-15(9-7-14)22-12-16(18(2,3)4)23-17(21)20-11-10-19-13-20/h6-11,13,16H,5,12H2,1-4H3. The first-order valence-electron chi connectivity index (χ1n) is 7.81. The first kappa shape index (κ1) is 17.1. The highest BCUT2D eigenvalue weighted by molar-refractivity contribution is 5.70. The van der Waals surface area contributed by atoms with Crippen LogP contribution in [0.4, 0.5) is 4.79 Å². The third-order valence-corrected chi connectivity index (χ3v) is 3.66. The van der Waals surface area contributed by atoms with Gasteiger partial charge in [0.1, 0.15) is 24.8 Å². The number of hydrogen-bond donors (Lipinski definition) is 0. The molecule has 0 aliphatic heterocycles. The van der Waals surface area contributed by atoms with Crippen molar-refractivity contribution >= 4 is 6.09 Å². The van der Waals surface area contributed by atoms with E-state index >= 15 is 0 Å². The summed E-state index contributed by atoms with van der Waals surface area (Å²) in [6.07, 6.45) is 4.70. The average Bonchev–Trinajstić information content (AvgIpc) is 3.05. The van der Waals surface area contributed by atoms with Gasteiger partial charge in [-0.25, -0.2) is 14.3 Å². The van der Waals surface area contributed by atoms with Crippen LogP contribution in [0.2, 0.25) is 0 Å². The summed E-state index contributed by atoms with van der Waals surface area (Å²) in [5.74, 6) is 0.773. The zero-order valence-electron chi connectivity index (χ0n) is 14.2. The second kappa shape index (κ2) is 7.31. The van der Waals surface area contributed by atoms with Gasteiger partial charge in [0.25, 0.3) is 0 Å². The summed E-state index contributed by atoms with van der Waals surface area (Å²) in [6, 6.07) is 7.96. The summed E-state index contributed by atoms with van der Waals surface area (Å²) < 4.78 is 12.7. The molecule has 0 N–H and O–H groups in total. The summed E-state index contributed by atoms with van der Waals surface area (Å²) in [5.41, 5.74) is 1.02. The van der Waals surface area contributed by atoms with Gasteiger partial charge in [-0.15, -0.1) is 0 Å². The lowest BCUT2D eigenvalue weighted by Gasteiger charge is -2.30. The topological polar surface area (TPSA) is 53.4 Å². The minimum atomic E-state index is -0.452. The number of nitrogens with zero attached hydrogens (tertiary/aromatic N) is 2. The fourth-order valence-electron chi connectivity index (χ4n) is 2.00. The zero-order chi connectivity index (χ0) is 16.9. The van der Waals surface area contributed by atoms with Crippen LogP contribution in [0.25, 0.3) is 0 Å². The van der Waals surface area contributed by atoms with Gasteiger partial charge in [0.2, 0.25) is 0 Å². The van der Waals surface area contributed by atoms with Crippen LogP contribution < -0.4 is 4.74 Å². The van der Waals surface area contributed by atoms with Gasteiger partial charge in [-0.2, -0.15) is 0 Å². The van der Waals surface area contributed by atoms with Crippen molar-refractivity contribution in [3.8, 4) is 5.75 Å². The molecule has 0 aliphatic rings. The first-order chi connectivity index (χ1) is 10.9. The highest BCUT2D eigenvalue weighted by atomic mass is 16.6. The maximum absolute atomic E-state index is 12.1. The maximum Gasteiger partial charge on any atom is 0.419 e. The lowest BCUT2D eigenvalue weighted by atomic mass is 9.89. The van der Waals surface area contributed by atoms with E-state index in [1.807, 2.05) is 45.0 Å². The molecule has 1 atom stereocenters. The number of benzene rings is 1. The Bertz CT molecular complexity index is 613. The third kappa shape index (κ3) is 4.84. The second-order valence-electron chi connectivity index (χ2n) is 6.52. The van der Waals surface area contributed by atoms with E-state index in [1.165, 1.54) is 16.5 Å². The van der Waals surface area contributed by atoms with Gasteiger partial charge in [-0.05, 0) is 24.1 Å². The molecule has 5 nitrogen and oxygen atoms in total. The molecule has 0 saturated heterocycles. The number of carbonyl (C=O) groups excluding carboxylic acids is 1. The average molecular weight is 316 g/mol. The van der Waals surface area contributed by atoms with Crippen LogP contribution in [0.15, 0.2) is 43.0 Å². The molecule has 1 aromatic carbocycles. The Morgan fingerprint density at radius 3 is 2.48 bits per heavy atom. The molecule has 2 rings (SSSR count). The van der Waals surface area contributed by atoms with E-state index in [4.69, 9.17) is 9.47 Å². The minimum absolute atomic E-state index is 0.237. The molecule has 124 valence electrons. The van der Waals surface area contributed by atoms with Crippen LogP contribution in [0.1, 0.15) is 33.3 Å². The molecule has 23 heavy (non-hydrogen) atoms. The van der Waals surface area contributed by atoms with E-state index in [9.17, 15) is 4.79 Å². The Hall–Kier alpha value is -2.30. The Kier molecular flexibility index (Phi) is 5.42. The lowest BCUT2D eigenvalue weighted by molar-refractivity contribution is 0.00209. The molecule has 5 heteroatoms. The molecular formula is C18H24N2O3. The normalized spacial score (nSPS) is 12.7. The summed E-state index contributed by atoms with van der Waals surface area (Å²) in [4.78, 5) is 16.0. The van der Waals surface area contributed by atoms with Crippen LogP contribution in [0, 0.1) is 5.41 Å². The zero-order valence-corrected chi connectivity index (χ0v) is 14.2. The molecule has 0 amide bonds. The summed E-state index contributed by atoms with van der Waals surface area (Å²) in [7, 11) is 0. The minimum Gasteiger partial charge on any atom is -0.490 e. The quantitative estimate of drug-likeness (QED) is 0.839. The number of ether oxygens (including phenoxy) is 2. The molecule has 1 aromatic heterocycles. The van der Waals surface area contributed by atoms with Crippen molar-refractivity contribution in [1.82, 2.24) is 9.55 Å². The number of aromatic nitrogens is 2. The van der Waals surface area contributed by atoms with Gasteiger partial charge in [0, 0.05) is 17.8 Å². The van der Waals surface area contributed by atoms with E-state index < -0.39 is 6.09 Å². The Morgan fingerprint density at radius 2 is 1.96 bits per heavy atom. The highest BCUT2D eigenvalue weighted by Crippen LogP contribution is 2.24. The largest absolute Gasteiger partial charge is 0.490 e. The van der Waals surface area contributed by atoms with Gasteiger partial charge >= 0.3 is 6.09 Å². The second-order valence-corrected chi connectivity index (χ2v) is 6.52. The van der Waals surface area contributed by atoms with E-state index in [2.05, 4.69) is 11.9 Å². The predicted octanol–water partition coefficient (Wildman–Crippen LogP) is 3.92.